The lowest BCUT2D eigenvalue weighted by molar-refractivity contribution is 0.866. The van der Waals surface area contributed by atoms with Gasteiger partial charge in [0.1, 0.15) is 0 Å². The van der Waals surface area contributed by atoms with Crippen molar-refractivity contribution >= 4 is 11.4 Å². The van der Waals surface area contributed by atoms with Crippen LogP contribution >= 0.6 is 0 Å². The number of rotatable bonds is 3. The van der Waals surface area contributed by atoms with Gasteiger partial charge >= 0.3 is 0 Å². The topological polar surface area (TPSA) is 64.3 Å². The third kappa shape index (κ3) is 2.95. The smallest absolute Gasteiger partial charge is 0.0367 e. The van der Waals surface area contributed by atoms with E-state index in [1.165, 1.54) is 5.69 Å². The number of hydrogen-bond acceptors (Lipinski definition) is 3. The fourth-order valence-electron chi connectivity index (χ4n) is 1.27. The fraction of sp³-hybridized carbons (Fsp3) is 0.400. The van der Waals surface area contributed by atoms with Crippen LogP contribution in [-0.4, -0.2) is 13.1 Å². The monoisotopic (exact) mass is 181 g/mol. The van der Waals surface area contributed by atoms with E-state index in [4.69, 9.17) is 5.73 Å². The van der Waals surface area contributed by atoms with Crippen molar-refractivity contribution < 1.29 is 0 Å². The SMILES string of the molecule is CCN(CC)c1ccc(N)cc1.N. The van der Waals surface area contributed by atoms with Gasteiger partial charge in [-0.25, -0.2) is 0 Å². The molecule has 1 aromatic carbocycles. The van der Waals surface area contributed by atoms with E-state index in [1.807, 2.05) is 12.1 Å². The molecule has 0 heterocycles. The fourth-order valence-corrected chi connectivity index (χ4v) is 1.27. The molecule has 3 nitrogen and oxygen atoms in total. The summed E-state index contributed by atoms with van der Waals surface area (Å²) in [7, 11) is 0. The van der Waals surface area contributed by atoms with E-state index in [1.54, 1.807) is 0 Å². The molecular weight excluding hydrogens is 162 g/mol. The quantitative estimate of drug-likeness (QED) is 0.703. The van der Waals surface area contributed by atoms with Gasteiger partial charge in [0.05, 0.1) is 0 Å². The highest BCUT2D eigenvalue weighted by atomic mass is 15.1. The Balaban J connectivity index is 0.00000144. The van der Waals surface area contributed by atoms with Gasteiger partial charge in [-0.3, -0.25) is 0 Å². The summed E-state index contributed by atoms with van der Waals surface area (Å²) in [4.78, 5) is 2.29. The maximum absolute atomic E-state index is 5.59. The van der Waals surface area contributed by atoms with Gasteiger partial charge in [0.15, 0.2) is 0 Å². The molecule has 0 atom stereocenters. The second-order valence-corrected chi connectivity index (χ2v) is 2.76. The summed E-state index contributed by atoms with van der Waals surface area (Å²) in [5.41, 5.74) is 7.66. The highest BCUT2D eigenvalue weighted by Gasteiger charge is 1.99. The van der Waals surface area contributed by atoms with E-state index in [-0.39, 0.29) is 6.15 Å². The van der Waals surface area contributed by atoms with Crippen molar-refractivity contribution in [2.24, 2.45) is 0 Å². The Hall–Kier alpha value is -1.22. The summed E-state index contributed by atoms with van der Waals surface area (Å²) in [5, 5.41) is 0. The molecule has 0 aliphatic rings. The summed E-state index contributed by atoms with van der Waals surface area (Å²) >= 11 is 0. The zero-order chi connectivity index (χ0) is 8.97. The van der Waals surface area contributed by atoms with Crippen molar-refractivity contribution in [3.63, 3.8) is 0 Å². The van der Waals surface area contributed by atoms with Crippen LogP contribution in [-0.2, 0) is 0 Å². The van der Waals surface area contributed by atoms with E-state index in [0.717, 1.165) is 18.8 Å². The molecule has 0 spiro atoms. The Kier molecular flexibility index (Phi) is 4.92. The van der Waals surface area contributed by atoms with Crippen molar-refractivity contribution in [2.45, 2.75) is 13.8 Å². The Bertz CT molecular complexity index is 226. The van der Waals surface area contributed by atoms with Crippen LogP contribution in [0.4, 0.5) is 11.4 Å². The molecule has 13 heavy (non-hydrogen) atoms. The Labute approximate surface area is 80.1 Å². The van der Waals surface area contributed by atoms with Gasteiger partial charge in [-0.2, -0.15) is 0 Å². The second-order valence-electron chi connectivity index (χ2n) is 2.76. The zero-order valence-corrected chi connectivity index (χ0v) is 8.46. The van der Waals surface area contributed by atoms with Crippen LogP contribution in [0.25, 0.3) is 0 Å². The zero-order valence-electron chi connectivity index (χ0n) is 8.46. The van der Waals surface area contributed by atoms with Crippen LogP contribution in [0, 0.1) is 0 Å². The lowest BCUT2D eigenvalue weighted by Gasteiger charge is -2.20. The largest absolute Gasteiger partial charge is 0.399 e. The lowest BCUT2D eigenvalue weighted by Crippen LogP contribution is -2.21. The van der Waals surface area contributed by atoms with Crippen molar-refractivity contribution in [3.05, 3.63) is 24.3 Å². The van der Waals surface area contributed by atoms with Crippen molar-refractivity contribution in [3.8, 4) is 0 Å². The number of hydrogen-bond donors (Lipinski definition) is 2. The third-order valence-electron chi connectivity index (χ3n) is 2.02. The van der Waals surface area contributed by atoms with E-state index < -0.39 is 0 Å². The number of benzene rings is 1. The minimum absolute atomic E-state index is 0. The van der Waals surface area contributed by atoms with Crippen LogP contribution < -0.4 is 16.8 Å². The molecular formula is C10H19N3. The van der Waals surface area contributed by atoms with Gasteiger partial charge < -0.3 is 16.8 Å². The maximum Gasteiger partial charge on any atom is 0.0367 e. The molecule has 74 valence electrons. The van der Waals surface area contributed by atoms with Crippen LogP contribution in [0.3, 0.4) is 0 Å². The molecule has 3 heteroatoms. The summed E-state index contributed by atoms with van der Waals surface area (Å²) < 4.78 is 0. The van der Waals surface area contributed by atoms with E-state index in [2.05, 4.69) is 30.9 Å². The second kappa shape index (κ2) is 5.43. The highest BCUT2D eigenvalue weighted by Crippen LogP contribution is 2.15. The van der Waals surface area contributed by atoms with Crippen molar-refractivity contribution in [2.75, 3.05) is 23.7 Å². The van der Waals surface area contributed by atoms with E-state index >= 15 is 0 Å². The highest BCUT2D eigenvalue weighted by molar-refractivity contribution is 5.52. The Morgan fingerprint density at radius 2 is 1.54 bits per heavy atom. The molecule has 5 N–H and O–H groups in total. The molecule has 0 unspecified atom stereocenters. The predicted molar refractivity (Wildman–Crippen MR) is 59.4 cm³/mol. The average molecular weight is 181 g/mol. The number of nitrogen functional groups attached to an aromatic ring is 1. The summed E-state index contributed by atoms with van der Waals surface area (Å²) in [6, 6.07) is 7.99. The first-order valence-electron chi connectivity index (χ1n) is 4.38. The number of nitrogens with zero attached hydrogens (tertiary/aromatic N) is 1. The molecule has 0 saturated heterocycles. The maximum atomic E-state index is 5.59. The van der Waals surface area contributed by atoms with Gasteiger partial charge in [0.2, 0.25) is 0 Å². The summed E-state index contributed by atoms with van der Waals surface area (Å²) in [6.07, 6.45) is 0. The molecule has 0 aromatic heterocycles. The minimum atomic E-state index is 0. The first kappa shape index (κ1) is 11.8. The van der Waals surface area contributed by atoms with Gasteiger partial charge in [-0.15, -0.1) is 0 Å². The predicted octanol–water partition coefficient (Wildman–Crippen LogP) is 2.28. The molecule has 0 aliphatic carbocycles. The molecule has 0 amide bonds. The van der Waals surface area contributed by atoms with Crippen LogP contribution in [0.15, 0.2) is 24.3 Å². The molecule has 0 saturated carbocycles. The minimum Gasteiger partial charge on any atom is -0.399 e. The van der Waals surface area contributed by atoms with Crippen LogP contribution in [0.1, 0.15) is 13.8 Å². The molecule has 0 radical (unpaired) electrons. The molecule has 1 rings (SSSR count). The Morgan fingerprint density at radius 3 is 1.92 bits per heavy atom. The lowest BCUT2D eigenvalue weighted by atomic mass is 10.2. The van der Waals surface area contributed by atoms with Crippen LogP contribution in [0.5, 0.6) is 0 Å². The summed E-state index contributed by atoms with van der Waals surface area (Å²) in [5.74, 6) is 0. The van der Waals surface area contributed by atoms with Crippen LogP contribution in [0.2, 0.25) is 0 Å². The van der Waals surface area contributed by atoms with Gasteiger partial charge in [-0.1, -0.05) is 0 Å². The van der Waals surface area contributed by atoms with Gasteiger partial charge in [0, 0.05) is 24.5 Å². The number of anilines is 2. The first-order chi connectivity index (χ1) is 5.77. The number of nitrogens with two attached hydrogens (primary N) is 1. The summed E-state index contributed by atoms with van der Waals surface area (Å²) in [6.45, 7) is 6.39. The Morgan fingerprint density at radius 1 is 1.08 bits per heavy atom. The molecule has 0 fully saturated rings. The molecule has 0 aliphatic heterocycles. The first-order valence-corrected chi connectivity index (χ1v) is 4.38. The standard InChI is InChI=1S/C10H16N2.H3N/c1-3-12(4-2)10-7-5-9(11)6-8-10;/h5-8H,3-4,11H2,1-2H3;1H3. The molecule has 0 bridgehead atoms. The average Bonchev–Trinajstić information content (AvgIpc) is 2.10. The normalized spacial score (nSPS) is 9.08. The van der Waals surface area contributed by atoms with E-state index in [9.17, 15) is 0 Å². The van der Waals surface area contributed by atoms with Gasteiger partial charge in [0.25, 0.3) is 0 Å². The molecule has 1 aromatic rings. The van der Waals surface area contributed by atoms with E-state index in [0.29, 0.717) is 0 Å². The third-order valence-corrected chi connectivity index (χ3v) is 2.02. The van der Waals surface area contributed by atoms with Crippen molar-refractivity contribution in [1.29, 1.82) is 0 Å². The van der Waals surface area contributed by atoms with Crippen molar-refractivity contribution in [1.82, 2.24) is 6.15 Å². The van der Waals surface area contributed by atoms with Gasteiger partial charge in [-0.05, 0) is 38.1 Å².